The Bertz CT molecular complexity index is 2960. The first-order valence-corrected chi connectivity index (χ1v) is 19.4. The molecular formula is C54H37NO. The molecule has 0 fully saturated rings. The lowest BCUT2D eigenvalue weighted by Gasteiger charge is -2.28. The third-order valence-electron chi connectivity index (χ3n) is 11.6. The summed E-state index contributed by atoms with van der Waals surface area (Å²) in [4.78, 5) is 2.40. The Morgan fingerprint density at radius 1 is 0.375 bits per heavy atom. The van der Waals surface area contributed by atoms with Crippen LogP contribution in [0.1, 0.15) is 34.3 Å². The van der Waals surface area contributed by atoms with E-state index in [1.807, 2.05) is 0 Å². The van der Waals surface area contributed by atoms with Gasteiger partial charge in [0, 0.05) is 34.1 Å². The van der Waals surface area contributed by atoms with E-state index in [1.165, 1.54) is 71.6 Å². The second kappa shape index (κ2) is 13.3. The van der Waals surface area contributed by atoms with Crippen molar-refractivity contribution in [1.29, 1.82) is 0 Å². The molecule has 1 aliphatic carbocycles. The molecule has 2 unspecified atom stereocenters. The summed E-state index contributed by atoms with van der Waals surface area (Å²) in [7, 11) is 0. The third-order valence-corrected chi connectivity index (χ3v) is 11.6. The molecule has 2 aliphatic rings. The van der Waals surface area contributed by atoms with Crippen molar-refractivity contribution in [3.8, 4) is 28.0 Å². The zero-order valence-corrected chi connectivity index (χ0v) is 30.7. The number of hydrogen-bond acceptors (Lipinski definition) is 2. The predicted molar refractivity (Wildman–Crippen MR) is 233 cm³/mol. The molecule has 9 aromatic rings. The molecule has 1 aliphatic heterocycles. The number of benzene rings is 9. The fraction of sp³-hybridized carbons (Fsp3) is 0.0370. The molecule has 1 heterocycles. The Labute approximate surface area is 327 Å². The number of nitrogens with zero attached hydrogens (tertiary/aromatic N) is 1. The maximum Gasteiger partial charge on any atom is 0.135 e. The first kappa shape index (κ1) is 32.3. The summed E-state index contributed by atoms with van der Waals surface area (Å²) in [5.41, 5.74) is 14.2. The van der Waals surface area contributed by atoms with Crippen molar-refractivity contribution in [3.05, 3.63) is 235 Å². The standard InChI is InChI=1S/C54H37NO/c1-3-13-36(14-4-1)39-18-11-20-43(32-39)55(44-21-12-19-40(33-44)41-27-29-47-42(31-41)26-25-38-17-7-8-22-46(38)47)45-28-30-53-51(34-45)52-35-50(37-15-5-2-6-16-37)48-23-9-10-24-49(48)54(52)56-53/h1-35,52,54H. The molecule has 0 aromatic heterocycles. The summed E-state index contributed by atoms with van der Waals surface area (Å²) in [5, 5.41) is 5.06. The Kier molecular flexibility index (Phi) is 7.67. The van der Waals surface area contributed by atoms with E-state index in [9.17, 15) is 0 Å². The number of hydrogen-bond donors (Lipinski definition) is 0. The molecule has 2 heteroatoms. The van der Waals surface area contributed by atoms with Crippen LogP contribution in [-0.2, 0) is 0 Å². The second-order valence-electron chi connectivity index (χ2n) is 14.8. The quantitative estimate of drug-likeness (QED) is 0.159. The molecule has 56 heavy (non-hydrogen) atoms. The smallest absolute Gasteiger partial charge is 0.135 e. The molecule has 11 rings (SSSR count). The number of ether oxygens (including phenoxy) is 1. The molecule has 9 aromatic carbocycles. The molecule has 0 amide bonds. The van der Waals surface area contributed by atoms with Crippen molar-refractivity contribution in [2.75, 3.05) is 4.90 Å². The van der Waals surface area contributed by atoms with Crippen LogP contribution in [-0.4, -0.2) is 0 Å². The van der Waals surface area contributed by atoms with Crippen LogP contribution in [0.2, 0.25) is 0 Å². The lowest BCUT2D eigenvalue weighted by atomic mass is 9.78. The van der Waals surface area contributed by atoms with E-state index in [0.717, 1.165) is 22.8 Å². The zero-order valence-electron chi connectivity index (χ0n) is 30.7. The van der Waals surface area contributed by atoms with Crippen LogP contribution < -0.4 is 9.64 Å². The van der Waals surface area contributed by atoms with Crippen molar-refractivity contribution in [2.24, 2.45) is 0 Å². The average Bonchev–Trinajstić information content (AvgIpc) is 3.65. The van der Waals surface area contributed by atoms with Gasteiger partial charge in [0.25, 0.3) is 0 Å². The summed E-state index contributed by atoms with van der Waals surface area (Å²) in [6, 6.07) is 74.7. The van der Waals surface area contributed by atoms with Crippen LogP contribution in [0, 0.1) is 0 Å². The van der Waals surface area contributed by atoms with Crippen molar-refractivity contribution < 1.29 is 4.74 Å². The lowest BCUT2D eigenvalue weighted by molar-refractivity contribution is 0.223. The van der Waals surface area contributed by atoms with E-state index in [-0.39, 0.29) is 12.0 Å². The highest BCUT2D eigenvalue weighted by molar-refractivity contribution is 6.08. The van der Waals surface area contributed by atoms with Gasteiger partial charge in [-0.2, -0.15) is 0 Å². The first-order valence-electron chi connectivity index (χ1n) is 19.4. The maximum atomic E-state index is 6.82. The molecule has 0 bridgehead atoms. The van der Waals surface area contributed by atoms with Gasteiger partial charge in [-0.25, -0.2) is 0 Å². The average molecular weight is 716 g/mol. The number of rotatable bonds is 6. The first-order chi connectivity index (χ1) is 27.7. The molecule has 0 spiro atoms. The molecule has 0 saturated carbocycles. The fourth-order valence-electron chi connectivity index (χ4n) is 8.90. The molecule has 0 radical (unpaired) electrons. The van der Waals surface area contributed by atoms with E-state index < -0.39 is 0 Å². The van der Waals surface area contributed by atoms with Gasteiger partial charge in [-0.15, -0.1) is 0 Å². The summed E-state index contributed by atoms with van der Waals surface area (Å²) >= 11 is 0. The van der Waals surface area contributed by atoms with Crippen molar-refractivity contribution in [3.63, 3.8) is 0 Å². The molecule has 0 saturated heterocycles. The molecule has 0 N–H and O–H groups in total. The van der Waals surface area contributed by atoms with Crippen molar-refractivity contribution in [2.45, 2.75) is 12.0 Å². The minimum Gasteiger partial charge on any atom is -0.484 e. The predicted octanol–water partition coefficient (Wildman–Crippen LogP) is 14.5. The monoisotopic (exact) mass is 715 g/mol. The van der Waals surface area contributed by atoms with Gasteiger partial charge in [-0.05, 0) is 109 Å². The Balaban J connectivity index is 1.05. The highest BCUT2D eigenvalue weighted by Gasteiger charge is 2.39. The van der Waals surface area contributed by atoms with Gasteiger partial charge in [-0.3, -0.25) is 0 Å². The van der Waals surface area contributed by atoms with Crippen LogP contribution in [0.3, 0.4) is 0 Å². The van der Waals surface area contributed by atoms with E-state index >= 15 is 0 Å². The highest BCUT2D eigenvalue weighted by Crippen LogP contribution is 2.54. The summed E-state index contributed by atoms with van der Waals surface area (Å²) < 4.78 is 6.82. The Morgan fingerprint density at radius 3 is 1.79 bits per heavy atom. The largest absolute Gasteiger partial charge is 0.484 e. The van der Waals surface area contributed by atoms with Crippen LogP contribution in [0.15, 0.2) is 212 Å². The normalized spacial score (nSPS) is 15.4. The van der Waals surface area contributed by atoms with E-state index in [1.54, 1.807) is 0 Å². The Morgan fingerprint density at radius 2 is 0.982 bits per heavy atom. The molecule has 2 atom stereocenters. The fourth-order valence-corrected chi connectivity index (χ4v) is 8.90. The van der Waals surface area contributed by atoms with Crippen molar-refractivity contribution >= 4 is 44.2 Å². The number of fused-ring (bicyclic) bond motifs is 8. The van der Waals surface area contributed by atoms with Gasteiger partial charge in [0.1, 0.15) is 11.9 Å². The summed E-state index contributed by atoms with van der Waals surface area (Å²) in [6.07, 6.45) is 2.36. The summed E-state index contributed by atoms with van der Waals surface area (Å²) in [5.74, 6) is 1.02. The van der Waals surface area contributed by atoms with Crippen molar-refractivity contribution in [1.82, 2.24) is 0 Å². The zero-order chi connectivity index (χ0) is 37.0. The minimum atomic E-state index is -0.0767. The van der Waals surface area contributed by atoms with Gasteiger partial charge in [0.05, 0.1) is 0 Å². The Hall–Kier alpha value is -7.16. The van der Waals surface area contributed by atoms with Crippen LogP contribution in [0.5, 0.6) is 5.75 Å². The van der Waals surface area contributed by atoms with E-state index in [2.05, 4.69) is 217 Å². The summed E-state index contributed by atoms with van der Waals surface area (Å²) in [6.45, 7) is 0. The van der Waals surface area contributed by atoms with Crippen LogP contribution in [0.25, 0.3) is 49.4 Å². The highest BCUT2D eigenvalue weighted by atomic mass is 16.5. The molecule has 264 valence electrons. The van der Waals surface area contributed by atoms with Gasteiger partial charge in [0.15, 0.2) is 0 Å². The molecule has 2 nitrogen and oxygen atoms in total. The van der Waals surface area contributed by atoms with Gasteiger partial charge in [0.2, 0.25) is 0 Å². The van der Waals surface area contributed by atoms with Gasteiger partial charge in [-0.1, -0.05) is 164 Å². The van der Waals surface area contributed by atoms with Crippen LogP contribution >= 0.6 is 0 Å². The number of anilines is 3. The van der Waals surface area contributed by atoms with E-state index in [0.29, 0.717) is 0 Å². The van der Waals surface area contributed by atoms with Crippen LogP contribution in [0.4, 0.5) is 17.1 Å². The van der Waals surface area contributed by atoms with Gasteiger partial charge >= 0.3 is 0 Å². The SMILES string of the molecule is C1=C(c2ccccc2)c2ccccc2C2Oc3ccc(N(c4cccc(-c5ccccc5)c4)c4cccc(-c5ccc6c(ccc7ccccc76)c5)c4)cc3C12. The maximum absolute atomic E-state index is 6.82. The minimum absolute atomic E-state index is 0.0765. The van der Waals surface area contributed by atoms with Gasteiger partial charge < -0.3 is 9.64 Å². The lowest BCUT2D eigenvalue weighted by Crippen LogP contribution is -2.16. The van der Waals surface area contributed by atoms with E-state index in [4.69, 9.17) is 4.74 Å². The second-order valence-corrected chi connectivity index (χ2v) is 14.8. The topological polar surface area (TPSA) is 12.5 Å². The third kappa shape index (κ3) is 5.49. The molecular weight excluding hydrogens is 679 g/mol.